The number of hydrogen-bond donors (Lipinski definition) is 2. The summed E-state index contributed by atoms with van der Waals surface area (Å²) in [4.78, 5) is 32.9. The topological polar surface area (TPSA) is 95.4 Å². The van der Waals surface area contributed by atoms with Gasteiger partial charge in [0.2, 0.25) is 11.9 Å². The average molecular weight is 278 g/mol. The van der Waals surface area contributed by atoms with Crippen LogP contribution >= 0.6 is 0 Å². The van der Waals surface area contributed by atoms with E-state index in [-0.39, 0.29) is 17.4 Å². The van der Waals surface area contributed by atoms with Crippen LogP contribution in [-0.4, -0.2) is 47.1 Å². The molecule has 1 aliphatic rings. The van der Waals surface area contributed by atoms with Gasteiger partial charge in [-0.1, -0.05) is 0 Å². The van der Waals surface area contributed by atoms with Crippen molar-refractivity contribution in [1.29, 1.82) is 0 Å². The largest absolute Gasteiger partial charge is 0.478 e. The number of carbonyl (C=O) groups excluding carboxylic acids is 1. The predicted molar refractivity (Wildman–Crippen MR) is 72.7 cm³/mol. The molecule has 108 valence electrons. The average Bonchev–Trinajstić information content (AvgIpc) is 2.46. The third-order valence-corrected chi connectivity index (χ3v) is 3.52. The van der Waals surface area contributed by atoms with Crippen LogP contribution in [0.2, 0.25) is 0 Å². The van der Waals surface area contributed by atoms with E-state index >= 15 is 0 Å². The SMILES string of the molecule is CNC(=O)C1CCCN(c2ncc(C(=O)O)c(C)n2)C1. The number of amides is 1. The number of aromatic carboxylic acids is 1. The highest BCUT2D eigenvalue weighted by Gasteiger charge is 2.26. The molecule has 0 bridgehead atoms. The molecule has 20 heavy (non-hydrogen) atoms. The molecule has 1 unspecified atom stereocenters. The normalized spacial score (nSPS) is 18.7. The Morgan fingerprint density at radius 2 is 2.25 bits per heavy atom. The lowest BCUT2D eigenvalue weighted by molar-refractivity contribution is -0.124. The summed E-state index contributed by atoms with van der Waals surface area (Å²) in [5.74, 6) is -0.595. The number of anilines is 1. The number of nitrogens with one attached hydrogen (secondary N) is 1. The Morgan fingerprint density at radius 3 is 2.85 bits per heavy atom. The summed E-state index contributed by atoms with van der Waals surface area (Å²) < 4.78 is 0. The van der Waals surface area contributed by atoms with E-state index < -0.39 is 5.97 Å². The number of carboxylic acids is 1. The first kappa shape index (κ1) is 14.2. The smallest absolute Gasteiger partial charge is 0.339 e. The Labute approximate surface area is 117 Å². The van der Waals surface area contributed by atoms with E-state index in [2.05, 4.69) is 15.3 Å². The molecular formula is C13H18N4O3. The van der Waals surface area contributed by atoms with Crippen molar-refractivity contribution in [3.05, 3.63) is 17.5 Å². The number of nitrogens with zero attached hydrogens (tertiary/aromatic N) is 3. The quantitative estimate of drug-likeness (QED) is 0.833. The van der Waals surface area contributed by atoms with E-state index in [1.807, 2.05) is 4.90 Å². The van der Waals surface area contributed by atoms with E-state index in [9.17, 15) is 9.59 Å². The lowest BCUT2D eigenvalue weighted by atomic mass is 9.97. The Morgan fingerprint density at radius 1 is 1.50 bits per heavy atom. The molecule has 1 amide bonds. The molecule has 2 heterocycles. The molecule has 1 saturated heterocycles. The van der Waals surface area contributed by atoms with Crippen molar-refractivity contribution in [2.75, 3.05) is 25.0 Å². The van der Waals surface area contributed by atoms with Gasteiger partial charge in [0.25, 0.3) is 0 Å². The third kappa shape index (κ3) is 2.87. The van der Waals surface area contributed by atoms with Crippen molar-refractivity contribution >= 4 is 17.8 Å². The van der Waals surface area contributed by atoms with Crippen LogP contribution in [0.3, 0.4) is 0 Å². The minimum absolute atomic E-state index is 0.0218. The van der Waals surface area contributed by atoms with E-state index in [0.717, 1.165) is 19.4 Å². The van der Waals surface area contributed by atoms with Crippen LogP contribution < -0.4 is 10.2 Å². The van der Waals surface area contributed by atoms with Crippen molar-refractivity contribution in [3.63, 3.8) is 0 Å². The van der Waals surface area contributed by atoms with Gasteiger partial charge in [0, 0.05) is 26.3 Å². The van der Waals surface area contributed by atoms with Crippen LogP contribution in [0.5, 0.6) is 0 Å². The molecule has 0 radical (unpaired) electrons. The van der Waals surface area contributed by atoms with Crippen molar-refractivity contribution in [2.45, 2.75) is 19.8 Å². The van der Waals surface area contributed by atoms with Gasteiger partial charge in [0.05, 0.1) is 17.2 Å². The fraction of sp³-hybridized carbons (Fsp3) is 0.538. The minimum atomic E-state index is -1.03. The molecule has 0 aliphatic carbocycles. The Balaban J connectivity index is 2.17. The van der Waals surface area contributed by atoms with Crippen LogP contribution in [0.25, 0.3) is 0 Å². The molecule has 0 aromatic carbocycles. The Bertz CT molecular complexity index is 532. The summed E-state index contributed by atoms with van der Waals surface area (Å²) in [6, 6.07) is 0. The fourth-order valence-electron chi connectivity index (χ4n) is 2.39. The summed E-state index contributed by atoms with van der Waals surface area (Å²) >= 11 is 0. The number of aromatic nitrogens is 2. The second-order valence-electron chi connectivity index (χ2n) is 4.87. The predicted octanol–water partition coefficient (Wildman–Crippen LogP) is 0.446. The zero-order valence-electron chi connectivity index (χ0n) is 11.6. The van der Waals surface area contributed by atoms with Crippen molar-refractivity contribution in [1.82, 2.24) is 15.3 Å². The summed E-state index contributed by atoms with van der Waals surface area (Å²) in [5, 5.41) is 11.6. The zero-order valence-corrected chi connectivity index (χ0v) is 11.6. The maximum Gasteiger partial charge on any atom is 0.339 e. The van der Waals surface area contributed by atoms with Gasteiger partial charge >= 0.3 is 5.97 Å². The first-order valence-corrected chi connectivity index (χ1v) is 6.56. The maximum absolute atomic E-state index is 11.7. The molecule has 1 aromatic heterocycles. The zero-order chi connectivity index (χ0) is 14.7. The van der Waals surface area contributed by atoms with Crippen LogP contribution in [-0.2, 0) is 4.79 Å². The van der Waals surface area contributed by atoms with Gasteiger partial charge in [0.1, 0.15) is 0 Å². The molecule has 2 rings (SSSR count). The number of carboxylic acid groups (broad SMARTS) is 1. The van der Waals surface area contributed by atoms with Crippen LogP contribution in [0, 0.1) is 12.8 Å². The van der Waals surface area contributed by atoms with Crippen LogP contribution in [0.1, 0.15) is 28.9 Å². The minimum Gasteiger partial charge on any atom is -0.478 e. The molecule has 1 aromatic rings. The number of carbonyl (C=O) groups is 2. The van der Waals surface area contributed by atoms with E-state index in [1.165, 1.54) is 6.20 Å². The van der Waals surface area contributed by atoms with Crippen molar-refractivity contribution in [3.8, 4) is 0 Å². The van der Waals surface area contributed by atoms with Gasteiger partial charge in [-0.2, -0.15) is 0 Å². The van der Waals surface area contributed by atoms with E-state index in [0.29, 0.717) is 18.2 Å². The number of aryl methyl sites for hydroxylation is 1. The summed E-state index contributed by atoms with van der Waals surface area (Å²) in [7, 11) is 1.63. The fourth-order valence-corrected chi connectivity index (χ4v) is 2.39. The highest BCUT2D eigenvalue weighted by molar-refractivity contribution is 5.88. The second-order valence-corrected chi connectivity index (χ2v) is 4.87. The first-order valence-electron chi connectivity index (χ1n) is 6.56. The molecule has 1 fully saturated rings. The Kier molecular flexibility index (Phi) is 4.16. The summed E-state index contributed by atoms with van der Waals surface area (Å²) in [6.07, 6.45) is 3.06. The highest BCUT2D eigenvalue weighted by Crippen LogP contribution is 2.21. The van der Waals surface area contributed by atoms with Crippen LogP contribution in [0.4, 0.5) is 5.95 Å². The molecular weight excluding hydrogens is 260 g/mol. The Hall–Kier alpha value is -2.18. The summed E-state index contributed by atoms with van der Waals surface area (Å²) in [5.41, 5.74) is 0.540. The summed E-state index contributed by atoms with van der Waals surface area (Å²) in [6.45, 7) is 2.99. The van der Waals surface area contributed by atoms with Crippen molar-refractivity contribution in [2.24, 2.45) is 5.92 Å². The second kappa shape index (κ2) is 5.85. The molecule has 1 aliphatic heterocycles. The highest BCUT2D eigenvalue weighted by atomic mass is 16.4. The number of piperidine rings is 1. The molecule has 0 spiro atoms. The lowest BCUT2D eigenvalue weighted by Crippen LogP contribution is -2.43. The maximum atomic E-state index is 11.7. The monoisotopic (exact) mass is 278 g/mol. The molecule has 2 N–H and O–H groups in total. The molecule has 1 atom stereocenters. The van der Waals surface area contributed by atoms with Gasteiger partial charge in [-0.25, -0.2) is 14.8 Å². The van der Waals surface area contributed by atoms with Crippen LogP contribution in [0.15, 0.2) is 6.20 Å². The molecule has 7 heteroatoms. The number of hydrogen-bond acceptors (Lipinski definition) is 5. The lowest BCUT2D eigenvalue weighted by Gasteiger charge is -2.31. The molecule has 0 saturated carbocycles. The van der Waals surface area contributed by atoms with Gasteiger partial charge in [0.15, 0.2) is 0 Å². The standard InChI is InChI=1S/C13H18N4O3/c1-8-10(12(19)20)6-15-13(16-8)17-5-3-4-9(7-17)11(18)14-2/h6,9H,3-5,7H2,1-2H3,(H,14,18)(H,19,20). The molecule has 7 nitrogen and oxygen atoms in total. The van der Waals surface area contributed by atoms with Gasteiger partial charge in [-0.15, -0.1) is 0 Å². The first-order chi connectivity index (χ1) is 9.52. The third-order valence-electron chi connectivity index (χ3n) is 3.52. The van der Waals surface area contributed by atoms with Gasteiger partial charge < -0.3 is 15.3 Å². The van der Waals surface area contributed by atoms with E-state index in [4.69, 9.17) is 5.11 Å². The van der Waals surface area contributed by atoms with Crippen molar-refractivity contribution < 1.29 is 14.7 Å². The van der Waals surface area contributed by atoms with E-state index in [1.54, 1.807) is 14.0 Å². The van der Waals surface area contributed by atoms with Gasteiger partial charge in [-0.05, 0) is 19.8 Å². The van der Waals surface area contributed by atoms with Gasteiger partial charge in [-0.3, -0.25) is 4.79 Å². The number of rotatable bonds is 3.